The summed E-state index contributed by atoms with van der Waals surface area (Å²) in [7, 11) is 0. The van der Waals surface area contributed by atoms with Crippen LogP contribution >= 0.6 is 11.6 Å². The molecule has 2 aromatic heterocycles. The van der Waals surface area contributed by atoms with E-state index in [1.165, 1.54) is 0 Å². The molecule has 3 aromatic carbocycles. The lowest BCUT2D eigenvalue weighted by Gasteiger charge is -2.04. The Morgan fingerprint density at radius 1 is 0.875 bits per heavy atom. The van der Waals surface area contributed by atoms with E-state index in [1.807, 2.05) is 56.3 Å². The number of aromatic nitrogens is 1. The number of carbonyl (C=O) groups excluding carboxylic acids is 1. The smallest absolute Gasteiger partial charge is 0.291 e. The lowest BCUT2D eigenvalue weighted by molar-refractivity contribution is 0.0997. The van der Waals surface area contributed by atoms with Gasteiger partial charge in [0, 0.05) is 21.8 Å². The zero-order valence-electron chi connectivity index (χ0n) is 17.5. The summed E-state index contributed by atoms with van der Waals surface area (Å²) in [5, 5.41) is 3.49. The second-order valence-corrected chi connectivity index (χ2v) is 8.09. The van der Waals surface area contributed by atoms with Gasteiger partial charge in [-0.25, -0.2) is 4.98 Å². The van der Waals surface area contributed by atoms with Gasteiger partial charge in [-0.1, -0.05) is 17.7 Å². The molecule has 5 rings (SSSR count). The van der Waals surface area contributed by atoms with Crippen molar-refractivity contribution in [3.63, 3.8) is 0 Å². The summed E-state index contributed by atoms with van der Waals surface area (Å²) >= 11 is 5.92. The third kappa shape index (κ3) is 3.90. The van der Waals surface area contributed by atoms with Gasteiger partial charge in [-0.15, -0.1) is 0 Å². The van der Waals surface area contributed by atoms with Gasteiger partial charge in [0.25, 0.3) is 5.91 Å². The van der Waals surface area contributed by atoms with Crippen molar-refractivity contribution in [2.24, 2.45) is 0 Å². The van der Waals surface area contributed by atoms with E-state index >= 15 is 0 Å². The molecule has 0 aliphatic rings. The molecule has 5 nitrogen and oxygen atoms in total. The van der Waals surface area contributed by atoms with Crippen LogP contribution in [0.3, 0.4) is 0 Å². The number of oxazole rings is 1. The van der Waals surface area contributed by atoms with Crippen molar-refractivity contribution in [3.8, 4) is 22.8 Å². The van der Waals surface area contributed by atoms with Crippen molar-refractivity contribution in [1.29, 1.82) is 0 Å². The minimum Gasteiger partial charge on any atom is -0.451 e. The molecule has 32 heavy (non-hydrogen) atoms. The van der Waals surface area contributed by atoms with E-state index in [4.69, 9.17) is 20.4 Å². The molecule has 0 radical (unpaired) electrons. The third-order valence-electron chi connectivity index (χ3n) is 5.17. The van der Waals surface area contributed by atoms with E-state index in [0.717, 1.165) is 33.4 Å². The minimum atomic E-state index is -0.328. The van der Waals surface area contributed by atoms with E-state index in [0.29, 0.717) is 22.4 Å². The summed E-state index contributed by atoms with van der Waals surface area (Å²) < 4.78 is 11.7. The normalized spacial score (nSPS) is 11.1. The summed E-state index contributed by atoms with van der Waals surface area (Å²) in [6, 6.07) is 22.1. The largest absolute Gasteiger partial charge is 0.451 e. The first kappa shape index (κ1) is 20.1. The number of hydrogen-bond acceptors (Lipinski definition) is 4. The number of benzene rings is 3. The number of fused-ring (bicyclic) bond motifs is 1. The maximum Gasteiger partial charge on any atom is 0.291 e. The first-order chi connectivity index (χ1) is 15.5. The zero-order valence-corrected chi connectivity index (χ0v) is 18.2. The van der Waals surface area contributed by atoms with Gasteiger partial charge in [-0.05, 0) is 91.7 Å². The highest BCUT2D eigenvalue weighted by Gasteiger charge is 2.14. The molecular weight excluding hydrogens is 424 g/mol. The molecule has 5 aromatic rings. The van der Waals surface area contributed by atoms with Gasteiger partial charge in [0.2, 0.25) is 5.89 Å². The number of nitrogens with zero attached hydrogens (tertiary/aromatic N) is 1. The predicted octanol–water partition coefficient (Wildman–Crippen LogP) is 7.28. The van der Waals surface area contributed by atoms with Crippen LogP contribution in [0, 0.1) is 13.8 Å². The van der Waals surface area contributed by atoms with Gasteiger partial charge < -0.3 is 14.2 Å². The highest BCUT2D eigenvalue weighted by atomic mass is 35.5. The summed E-state index contributed by atoms with van der Waals surface area (Å²) in [6.07, 6.45) is 0. The molecular formula is C26H19ClN2O3. The Morgan fingerprint density at radius 3 is 2.34 bits per heavy atom. The maximum atomic E-state index is 12.6. The van der Waals surface area contributed by atoms with Crippen molar-refractivity contribution in [1.82, 2.24) is 4.98 Å². The first-order valence-corrected chi connectivity index (χ1v) is 10.5. The Bertz CT molecular complexity index is 1430. The predicted molar refractivity (Wildman–Crippen MR) is 126 cm³/mol. The second kappa shape index (κ2) is 8.02. The number of rotatable bonds is 4. The molecule has 0 fully saturated rings. The van der Waals surface area contributed by atoms with E-state index < -0.39 is 0 Å². The average molecular weight is 443 g/mol. The third-order valence-corrected chi connectivity index (χ3v) is 5.42. The number of hydrogen-bond donors (Lipinski definition) is 1. The van der Waals surface area contributed by atoms with Crippen LogP contribution in [0.1, 0.15) is 21.7 Å². The van der Waals surface area contributed by atoms with Crippen molar-refractivity contribution >= 4 is 34.3 Å². The fraction of sp³-hybridized carbons (Fsp3) is 0.0769. The number of carbonyl (C=O) groups is 1. The molecule has 158 valence electrons. The van der Waals surface area contributed by atoms with Gasteiger partial charge in [0.15, 0.2) is 11.3 Å². The standard InChI is InChI=1S/C26H19ClN2O3/c1-15-13-16(2)24-21(14-15)29-26(32-24)18-5-9-20(10-6-18)28-25(30)23-12-11-22(31-23)17-3-7-19(27)8-4-17/h3-14H,1-2H3,(H,28,30). The highest BCUT2D eigenvalue weighted by molar-refractivity contribution is 6.30. The summed E-state index contributed by atoms with van der Waals surface area (Å²) in [4.78, 5) is 17.2. The molecule has 0 atom stereocenters. The number of aryl methyl sites for hydroxylation is 2. The van der Waals surface area contributed by atoms with E-state index in [1.54, 1.807) is 24.3 Å². The molecule has 0 aliphatic heterocycles. The minimum absolute atomic E-state index is 0.226. The molecule has 6 heteroatoms. The number of furan rings is 1. The Hall–Kier alpha value is -3.83. The van der Waals surface area contributed by atoms with E-state index in [9.17, 15) is 4.79 Å². The molecule has 0 bridgehead atoms. The Morgan fingerprint density at radius 2 is 1.59 bits per heavy atom. The number of anilines is 1. The van der Waals surface area contributed by atoms with Crippen LogP contribution in [0.4, 0.5) is 5.69 Å². The van der Waals surface area contributed by atoms with Crippen LogP contribution in [0.2, 0.25) is 5.02 Å². The lowest BCUT2D eigenvalue weighted by Crippen LogP contribution is -2.10. The fourth-order valence-electron chi connectivity index (χ4n) is 3.62. The monoisotopic (exact) mass is 442 g/mol. The van der Waals surface area contributed by atoms with Gasteiger partial charge in [0.05, 0.1) is 0 Å². The van der Waals surface area contributed by atoms with Crippen LogP contribution < -0.4 is 5.32 Å². The molecule has 1 amide bonds. The van der Waals surface area contributed by atoms with Crippen molar-refractivity contribution in [2.75, 3.05) is 5.32 Å². The number of nitrogens with one attached hydrogen (secondary N) is 1. The lowest BCUT2D eigenvalue weighted by atomic mass is 10.1. The molecule has 0 unspecified atom stereocenters. The SMILES string of the molecule is Cc1cc(C)c2oc(-c3ccc(NC(=O)c4ccc(-c5ccc(Cl)cc5)o4)cc3)nc2c1. The van der Waals surface area contributed by atoms with Crippen LogP contribution in [-0.2, 0) is 0 Å². The topological polar surface area (TPSA) is 68.3 Å². The summed E-state index contributed by atoms with van der Waals surface area (Å²) in [5.74, 6) is 1.05. The molecule has 1 N–H and O–H groups in total. The van der Waals surface area contributed by atoms with Crippen molar-refractivity contribution < 1.29 is 13.6 Å². The van der Waals surface area contributed by atoms with Crippen LogP contribution in [-0.4, -0.2) is 10.9 Å². The van der Waals surface area contributed by atoms with Crippen molar-refractivity contribution in [2.45, 2.75) is 13.8 Å². The van der Waals surface area contributed by atoms with Crippen LogP contribution in [0.5, 0.6) is 0 Å². The Balaban J connectivity index is 1.32. The van der Waals surface area contributed by atoms with Gasteiger partial charge in [-0.3, -0.25) is 4.79 Å². The van der Waals surface area contributed by atoms with Gasteiger partial charge in [0.1, 0.15) is 11.3 Å². The number of amides is 1. The van der Waals surface area contributed by atoms with Crippen LogP contribution in [0.25, 0.3) is 33.9 Å². The molecule has 0 aliphatic carbocycles. The Labute approximate surface area is 189 Å². The zero-order chi connectivity index (χ0) is 22.2. The maximum absolute atomic E-state index is 12.6. The van der Waals surface area contributed by atoms with Gasteiger partial charge in [-0.2, -0.15) is 0 Å². The molecule has 2 heterocycles. The summed E-state index contributed by atoms with van der Waals surface area (Å²) in [5.41, 5.74) is 6.15. The first-order valence-electron chi connectivity index (χ1n) is 10.1. The summed E-state index contributed by atoms with van der Waals surface area (Å²) in [6.45, 7) is 4.05. The van der Waals surface area contributed by atoms with Crippen LogP contribution in [0.15, 0.2) is 81.6 Å². The number of halogens is 1. The molecule has 0 saturated heterocycles. The van der Waals surface area contributed by atoms with E-state index in [-0.39, 0.29) is 11.7 Å². The van der Waals surface area contributed by atoms with Gasteiger partial charge >= 0.3 is 0 Å². The molecule has 0 spiro atoms. The van der Waals surface area contributed by atoms with E-state index in [2.05, 4.69) is 16.4 Å². The quantitative estimate of drug-likeness (QED) is 0.317. The Kier molecular flexibility index (Phi) is 5.04. The molecule has 0 saturated carbocycles. The highest BCUT2D eigenvalue weighted by Crippen LogP contribution is 2.29. The average Bonchev–Trinajstić information content (AvgIpc) is 3.43. The fourth-order valence-corrected chi connectivity index (χ4v) is 3.74. The second-order valence-electron chi connectivity index (χ2n) is 7.65. The van der Waals surface area contributed by atoms with Crippen molar-refractivity contribution in [3.05, 3.63) is 94.7 Å².